The van der Waals surface area contributed by atoms with Crippen LogP contribution in [0.15, 0.2) is 24.3 Å². The van der Waals surface area contributed by atoms with Crippen LogP contribution >= 0.6 is 0 Å². The minimum Gasteiger partial charge on any atom is -0.374 e. The lowest BCUT2D eigenvalue weighted by molar-refractivity contribution is -0.116. The first-order valence-corrected chi connectivity index (χ1v) is 10.6. The van der Waals surface area contributed by atoms with E-state index in [0.29, 0.717) is 6.42 Å². The standard InChI is InChI=1S/C23H39NO2/c1-3-4-5-6-7-8-9-10-11-12-13-14-23(26)24-22-17-15-21(16-18-22)19-20(2)25/h15-18,23-24,26H,3-14,19H2,1-2H3. The zero-order valence-electron chi connectivity index (χ0n) is 16.9. The molecular formula is C23H39NO2. The van der Waals surface area contributed by atoms with Crippen LogP contribution in [0.2, 0.25) is 0 Å². The highest BCUT2D eigenvalue weighted by Crippen LogP contribution is 2.15. The molecule has 0 saturated carbocycles. The monoisotopic (exact) mass is 361 g/mol. The van der Waals surface area contributed by atoms with E-state index in [2.05, 4.69) is 12.2 Å². The number of nitrogens with one attached hydrogen (secondary N) is 1. The first-order chi connectivity index (χ1) is 12.6. The lowest BCUT2D eigenvalue weighted by atomic mass is 10.0. The number of rotatable bonds is 16. The van der Waals surface area contributed by atoms with Crippen LogP contribution in [0.5, 0.6) is 0 Å². The second-order valence-corrected chi connectivity index (χ2v) is 7.56. The highest BCUT2D eigenvalue weighted by atomic mass is 16.3. The fourth-order valence-electron chi connectivity index (χ4n) is 3.27. The minimum atomic E-state index is -0.493. The number of benzene rings is 1. The third kappa shape index (κ3) is 12.1. The molecule has 0 amide bonds. The lowest BCUT2D eigenvalue weighted by Crippen LogP contribution is -2.18. The number of aliphatic hydroxyl groups excluding tert-OH is 1. The summed E-state index contributed by atoms with van der Waals surface area (Å²) in [5, 5.41) is 13.2. The van der Waals surface area contributed by atoms with E-state index >= 15 is 0 Å². The van der Waals surface area contributed by atoms with E-state index in [1.807, 2.05) is 24.3 Å². The van der Waals surface area contributed by atoms with E-state index in [4.69, 9.17) is 0 Å². The van der Waals surface area contributed by atoms with Gasteiger partial charge in [-0.2, -0.15) is 0 Å². The fraction of sp³-hybridized carbons (Fsp3) is 0.696. The fourth-order valence-corrected chi connectivity index (χ4v) is 3.27. The summed E-state index contributed by atoms with van der Waals surface area (Å²) in [5.41, 5.74) is 1.93. The molecule has 0 radical (unpaired) electrons. The summed E-state index contributed by atoms with van der Waals surface area (Å²) >= 11 is 0. The zero-order valence-corrected chi connectivity index (χ0v) is 16.9. The summed E-state index contributed by atoms with van der Waals surface area (Å²) < 4.78 is 0. The first kappa shape index (κ1) is 22.7. The van der Waals surface area contributed by atoms with E-state index in [1.54, 1.807) is 6.92 Å². The Kier molecular flexibility index (Phi) is 12.9. The predicted octanol–water partition coefficient (Wildman–Crippen LogP) is 6.25. The van der Waals surface area contributed by atoms with Crippen LogP contribution in [0.25, 0.3) is 0 Å². The van der Waals surface area contributed by atoms with Crippen molar-refractivity contribution in [3.63, 3.8) is 0 Å². The van der Waals surface area contributed by atoms with Gasteiger partial charge in [-0.05, 0) is 37.5 Å². The van der Waals surface area contributed by atoms with Crippen molar-refractivity contribution >= 4 is 11.5 Å². The van der Waals surface area contributed by atoms with Gasteiger partial charge in [-0.1, -0.05) is 83.3 Å². The molecule has 1 atom stereocenters. The van der Waals surface area contributed by atoms with Gasteiger partial charge in [0.25, 0.3) is 0 Å². The van der Waals surface area contributed by atoms with Gasteiger partial charge in [0, 0.05) is 12.1 Å². The molecule has 3 heteroatoms. The van der Waals surface area contributed by atoms with Crippen molar-refractivity contribution in [1.29, 1.82) is 0 Å². The summed E-state index contributed by atoms with van der Waals surface area (Å²) in [4.78, 5) is 11.1. The Morgan fingerprint density at radius 3 is 1.88 bits per heavy atom. The first-order valence-electron chi connectivity index (χ1n) is 10.6. The van der Waals surface area contributed by atoms with Crippen LogP contribution in [0, 0.1) is 0 Å². The molecular weight excluding hydrogens is 322 g/mol. The molecule has 1 aromatic carbocycles. The molecule has 148 valence electrons. The Bertz CT molecular complexity index is 470. The molecule has 0 heterocycles. The van der Waals surface area contributed by atoms with E-state index in [1.165, 1.54) is 64.2 Å². The maximum Gasteiger partial charge on any atom is 0.134 e. The van der Waals surface area contributed by atoms with Gasteiger partial charge in [0.05, 0.1) is 0 Å². The second kappa shape index (κ2) is 14.8. The molecule has 0 aliphatic carbocycles. The molecule has 0 aliphatic rings. The summed E-state index contributed by atoms with van der Waals surface area (Å²) in [7, 11) is 0. The average molecular weight is 362 g/mol. The van der Waals surface area contributed by atoms with Gasteiger partial charge in [0.2, 0.25) is 0 Å². The predicted molar refractivity (Wildman–Crippen MR) is 112 cm³/mol. The van der Waals surface area contributed by atoms with Crippen LogP contribution < -0.4 is 5.32 Å². The largest absolute Gasteiger partial charge is 0.374 e. The van der Waals surface area contributed by atoms with E-state index in [-0.39, 0.29) is 5.78 Å². The normalized spacial score (nSPS) is 12.1. The van der Waals surface area contributed by atoms with Gasteiger partial charge < -0.3 is 10.4 Å². The summed E-state index contributed by atoms with van der Waals surface area (Å²) in [5.74, 6) is 0.169. The van der Waals surface area contributed by atoms with Crippen molar-refractivity contribution < 1.29 is 9.90 Å². The van der Waals surface area contributed by atoms with Crippen molar-refractivity contribution in [1.82, 2.24) is 0 Å². The molecule has 0 aliphatic heterocycles. The summed E-state index contributed by atoms with van der Waals surface area (Å²) in [6.07, 6.45) is 15.3. The minimum absolute atomic E-state index is 0.169. The number of anilines is 1. The molecule has 0 spiro atoms. The smallest absolute Gasteiger partial charge is 0.134 e. The van der Waals surface area contributed by atoms with E-state index in [9.17, 15) is 9.90 Å². The molecule has 0 bridgehead atoms. The topological polar surface area (TPSA) is 49.3 Å². The summed E-state index contributed by atoms with van der Waals surface area (Å²) in [6.45, 7) is 3.86. The number of hydrogen-bond donors (Lipinski definition) is 2. The molecule has 1 unspecified atom stereocenters. The van der Waals surface area contributed by atoms with Crippen LogP contribution in [0.3, 0.4) is 0 Å². The van der Waals surface area contributed by atoms with E-state index in [0.717, 1.165) is 24.1 Å². The molecule has 2 N–H and O–H groups in total. The maximum atomic E-state index is 11.1. The van der Waals surface area contributed by atoms with Crippen LogP contribution in [0.1, 0.15) is 96.5 Å². The SMILES string of the molecule is CCCCCCCCCCCCCC(O)Nc1ccc(CC(C)=O)cc1. The Morgan fingerprint density at radius 2 is 1.38 bits per heavy atom. The molecule has 26 heavy (non-hydrogen) atoms. The third-order valence-corrected chi connectivity index (χ3v) is 4.82. The van der Waals surface area contributed by atoms with Gasteiger partial charge in [0.15, 0.2) is 0 Å². The highest BCUT2D eigenvalue weighted by Gasteiger charge is 2.04. The van der Waals surface area contributed by atoms with Crippen molar-refractivity contribution in [3.8, 4) is 0 Å². The number of carbonyl (C=O) groups excluding carboxylic acids is 1. The number of ketones is 1. The van der Waals surface area contributed by atoms with Crippen molar-refractivity contribution in [3.05, 3.63) is 29.8 Å². The molecule has 1 aromatic rings. The van der Waals surface area contributed by atoms with Crippen LogP contribution in [0.4, 0.5) is 5.69 Å². The number of unbranched alkanes of at least 4 members (excludes halogenated alkanes) is 10. The zero-order chi connectivity index (χ0) is 19.0. The van der Waals surface area contributed by atoms with Gasteiger partial charge in [-0.15, -0.1) is 0 Å². The number of carbonyl (C=O) groups is 1. The Morgan fingerprint density at radius 1 is 0.885 bits per heavy atom. The van der Waals surface area contributed by atoms with Crippen molar-refractivity contribution in [2.75, 3.05) is 5.32 Å². The molecule has 0 aromatic heterocycles. The van der Waals surface area contributed by atoms with Gasteiger partial charge in [0.1, 0.15) is 12.0 Å². The molecule has 1 rings (SSSR count). The van der Waals surface area contributed by atoms with Gasteiger partial charge in [-0.3, -0.25) is 4.79 Å². The van der Waals surface area contributed by atoms with Crippen molar-refractivity contribution in [2.45, 2.75) is 104 Å². The Hall–Kier alpha value is -1.35. The van der Waals surface area contributed by atoms with Crippen molar-refractivity contribution in [2.24, 2.45) is 0 Å². The number of Topliss-reactive ketones (excluding diaryl/α,β-unsaturated/α-hetero) is 1. The molecule has 3 nitrogen and oxygen atoms in total. The summed E-state index contributed by atoms with van der Waals surface area (Å²) in [6, 6.07) is 7.75. The van der Waals surface area contributed by atoms with Gasteiger partial charge in [-0.25, -0.2) is 0 Å². The number of hydrogen-bond acceptors (Lipinski definition) is 3. The van der Waals surface area contributed by atoms with Gasteiger partial charge >= 0.3 is 0 Å². The van der Waals surface area contributed by atoms with E-state index < -0.39 is 6.23 Å². The maximum absolute atomic E-state index is 11.1. The van der Waals surface area contributed by atoms with Crippen LogP contribution in [-0.4, -0.2) is 17.1 Å². The quantitative estimate of drug-likeness (QED) is 0.270. The number of aliphatic hydroxyl groups is 1. The Labute approximate surface area is 160 Å². The third-order valence-electron chi connectivity index (χ3n) is 4.82. The van der Waals surface area contributed by atoms with Crippen LogP contribution in [-0.2, 0) is 11.2 Å². The lowest BCUT2D eigenvalue weighted by Gasteiger charge is -2.14. The average Bonchev–Trinajstić information content (AvgIpc) is 2.61. The molecule has 0 saturated heterocycles. The molecule has 0 fully saturated rings. The second-order valence-electron chi connectivity index (χ2n) is 7.56. The highest BCUT2D eigenvalue weighted by molar-refractivity contribution is 5.78. The Balaban J connectivity index is 1.99.